The van der Waals surface area contributed by atoms with E-state index < -0.39 is 20.0 Å². The van der Waals surface area contributed by atoms with Crippen molar-refractivity contribution in [1.82, 2.24) is 4.72 Å². The van der Waals surface area contributed by atoms with Crippen LogP contribution in [-0.4, -0.2) is 23.4 Å². The Bertz CT molecular complexity index is 735. The Morgan fingerprint density at radius 2 is 1.67 bits per heavy atom. The number of rotatable bonds is 6. The summed E-state index contributed by atoms with van der Waals surface area (Å²) in [4.78, 5) is -0.0899. The maximum absolute atomic E-state index is 12.1. The van der Waals surface area contributed by atoms with E-state index in [1.54, 1.807) is 0 Å². The highest BCUT2D eigenvalue weighted by molar-refractivity contribution is 7.89. The van der Waals surface area contributed by atoms with Gasteiger partial charge in [0.1, 0.15) is 0 Å². The maximum Gasteiger partial charge on any atom is 0.240 e. The van der Waals surface area contributed by atoms with Gasteiger partial charge in [-0.05, 0) is 49.9 Å². The molecule has 1 aromatic carbocycles. The molecule has 0 saturated heterocycles. The molecule has 8 heteroatoms. The number of benzene rings is 1. The second-order valence-corrected chi connectivity index (χ2v) is 8.25. The number of hydrogen-bond donors (Lipinski definition) is 2. The normalized spacial score (nSPS) is 16.0. The van der Waals surface area contributed by atoms with Crippen LogP contribution < -0.4 is 9.86 Å². The van der Waals surface area contributed by atoms with Gasteiger partial charge >= 0.3 is 0 Å². The zero-order valence-electron chi connectivity index (χ0n) is 11.4. The van der Waals surface area contributed by atoms with E-state index in [9.17, 15) is 16.8 Å². The van der Waals surface area contributed by atoms with Crippen molar-refractivity contribution in [3.05, 3.63) is 35.9 Å². The zero-order chi connectivity index (χ0) is 15.5. The SMILES string of the molecule is NS(=O)(=O)c1ccc(S(=O)(=O)NCCC2=CCCC2)cc1. The third-order valence-electron chi connectivity index (χ3n) is 3.34. The van der Waals surface area contributed by atoms with E-state index in [0.717, 1.165) is 19.3 Å². The van der Waals surface area contributed by atoms with Gasteiger partial charge in [0.25, 0.3) is 0 Å². The van der Waals surface area contributed by atoms with Crippen molar-refractivity contribution in [2.45, 2.75) is 35.5 Å². The number of primary sulfonamides is 1. The molecule has 3 N–H and O–H groups in total. The first-order chi connectivity index (χ1) is 9.79. The van der Waals surface area contributed by atoms with Gasteiger partial charge in [0.2, 0.25) is 20.0 Å². The molecule has 0 fully saturated rings. The minimum absolute atomic E-state index is 0.0234. The fourth-order valence-corrected chi connectivity index (χ4v) is 3.75. The zero-order valence-corrected chi connectivity index (χ0v) is 13.1. The fraction of sp³-hybridized carbons (Fsp3) is 0.385. The van der Waals surface area contributed by atoms with Crippen molar-refractivity contribution in [3.63, 3.8) is 0 Å². The predicted molar refractivity (Wildman–Crippen MR) is 79.6 cm³/mol. The Labute approximate surface area is 125 Å². The number of nitrogens with two attached hydrogens (primary N) is 1. The highest BCUT2D eigenvalue weighted by atomic mass is 32.2. The minimum atomic E-state index is -3.82. The molecular weight excluding hydrogens is 312 g/mol. The summed E-state index contributed by atoms with van der Waals surface area (Å²) in [7, 11) is -7.44. The third kappa shape index (κ3) is 4.37. The number of allylic oxidation sites excluding steroid dienone is 1. The minimum Gasteiger partial charge on any atom is -0.225 e. The second kappa shape index (κ2) is 6.27. The fourth-order valence-electron chi connectivity index (χ4n) is 2.20. The van der Waals surface area contributed by atoms with Crippen LogP contribution in [-0.2, 0) is 20.0 Å². The summed E-state index contributed by atoms with van der Waals surface area (Å²) in [5, 5.41) is 4.97. The van der Waals surface area contributed by atoms with Crippen LogP contribution in [0.4, 0.5) is 0 Å². The van der Waals surface area contributed by atoms with Crippen LogP contribution in [0.1, 0.15) is 25.7 Å². The highest BCUT2D eigenvalue weighted by Crippen LogP contribution is 2.20. The first-order valence-electron chi connectivity index (χ1n) is 6.59. The van der Waals surface area contributed by atoms with E-state index in [0.29, 0.717) is 13.0 Å². The van der Waals surface area contributed by atoms with Crippen LogP contribution in [0.15, 0.2) is 45.7 Å². The predicted octanol–water partition coefficient (Wildman–Crippen LogP) is 1.11. The van der Waals surface area contributed by atoms with Gasteiger partial charge in [-0.25, -0.2) is 26.7 Å². The van der Waals surface area contributed by atoms with E-state index in [2.05, 4.69) is 10.8 Å². The quantitative estimate of drug-likeness (QED) is 0.762. The molecule has 0 atom stereocenters. The van der Waals surface area contributed by atoms with E-state index in [1.807, 2.05) is 0 Å². The Morgan fingerprint density at radius 1 is 1.05 bits per heavy atom. The Morgan fingerprint density at radius 3 is 2.19 bits per heavy atom. The lowest BCUT2D eigenvalue weighted by molar-refractivity contribution is 0.580. The largest absolute Gasteiger partial charge is 0.240 e. The molecule has 0 spiro atoms. The van der Waals surface area contributed by atoms with Crippen LogP contribution in [0.2, 0.25) is 0 Å². The van der Waals surface area contributed by atoms with Crippen molar-refractivity contribution in [2.24, 2.45) is 5.14 Å². The average molecular weight is 330 g/mol. The third-order valence-corrected chi connectivity index (χ3v) is 5.74. The van der Waals surface area contributed by atoms with E-state index in [4.69, 9.17) is 5.14 Å². The van der Waals surface area contributed by atoms with Gasteiger partial charge in [-0.2, -0.15) is 0 Å². The van der Waals surface area contributed by atoms with Gasteiger partial charge in [0.05, 0.1) is 9.79 Å². The van der Waals surface area contributed by atoms with Crippen LogP contribution >= 0.6 is 0 Å². The molecule has 0 radical (unpaired) electrons. The Kier molecular flexibility index (Phi) is 4.82. The van der Waals surface area contributed by atoms with Crippen molar-refractivity contribution >= 4 is 20.0 Å². The van der Waals surface area contributed by atoms with Crippen molar-refractivity contribution in [2.75, 3.05) is 6.54 Å². The first-order valence-corrected chi connectivity index (χ1v) is 9.62. The summed E-state index contributed by atoms with van der Waals surface area (Å²) < 4.78 is 48.9. The molecule has 21 heavy (non-hydrogen) atoms. The van der Waals surface area contributed by atoms with Gasteiger partial charge in [-0.15, -0.1) is 0 Å². The summed E-state index contributed by atoms with van der Waals surface area (Å²) in [6.07, 6.45) is 6.09. The van der Waals surface area contributed by atoms with Crippen molar-refractivity contribution in [3.8, 4) is 0 Å². The summed E-state index contributed by atoms with van der Waals surface area (Å²) >= 11 is 0. The maximum atomic E-state index is 12.1. The molecule has 6 nitrogen and oxygen atoms in total. The lowest BCUT2D eigenvalue weighted by Crippen LogP contribution is -2.25. The van der Waals surface area contributed by atoms with Gasteiger partial charge in [0.15, 0.2) is 0 Å². The summed E-state index contributed by atoms with van der Waals surface area (Å²) in [6, 6.07) is 4.83. The van der Waals surface area contributed by atoms with Crippen LogP contribution in [0.3, 0.4) is 0 Å². The average Bonchev–Trinajstić information content (AvgIpc) is 2.91. The molecule has 0 heterocycles. The lowest BCUT2D eigenvalue weighted by Gasteiger charge is -2.08. The number of nitrogens with one attached hydrogen (secondary N) is 1. The van der Waals surface area contributed by atoms with E-state index >= 15 is 0 Å². The molecule has 0 bridgehead atoms. The van der Waals surface area contributed by atoms with Gasteiger partial charge in [-0.3, -0.25) is 0 Å². The molecule has 0 unspecified atom stereocenters. The lowest BCUT2D eigenvalue weighted by atomic mass is 10.2. The van der Waals surface area contributed by atoms with Crippen LogP contribution in [0.25, 0.3) is 0 Å². The Hall–Kier alpha value is -1.22. The van der Waals surface area contributed by atoms with Gasteiger partial charge in [0, 0.05) is 6.54 Å². The smallest absolute Gasteiger partial charge is 0.225 e. The van der Waals surface area contributed by atoms with Gasteiger partial charge in [-0.1, -0.05) is 11.6 Å². The first kappa shape index (κ1) is 16.2. The Balaban J connectivity index is 2.02. The monoisotopic (exact) mass is 330 g/mol. The number of sulfonamides is 2. The number of hydrogen-bond acceptors (Lipinski definition) is 4. The molecule has 116 valence electrons. The van der Waals surface area contributed by atoms with Crippen LogP contribution in [0.5, 0.6) is 0 Å². The second-order valence-electron chi connectivity index (χ2n) is 4.92. The van der Waals surface area contributed by atoms with Crippen molar-refractivity contribution in [1.29, 1.82) is 0 Å². The molecular formula is C13H18N2O4S2. The molecule has 1 aliphatic carbocycles. The van der Waals surface area contributed by atoms with Crippen LogP contribution in [0, 0.1) is 0 Å². The summed E-state index contributed by atoms with van der Waals surface area (Å²) in [5.74, 6) is 0. The molecule has 1 aliphatic rings. The molecule has 2 rings (SSSR count). The topological polar surface area (TPSA) is 106 Å². The molecule has 0 amide bonds. The molecule has 0 aliphatic heterocycles. The van der Waals surface area contributed by atoms with Crippen molar-refractivity contribution < 1.29 is 16.8 Å². The van der Waals surface area contributed by atoms with Gasteiger partial charge < -0.3 is 0 Å². The highest BCUT2D eigenvalue weighted by Gasteiger charge is 2.15. The van der Waals surface area contributed by atoms with E-state index in [1.165, 1.54) is 29.8 Å². The molecule has 0 saturated carbocycles. The molecule has 0 aromatic heterocycles. The molecule has 1 aromatic rings. The standard InChI is InChI=1S/C13H18N2O4S2/c14-20(16,17)12-5-7-13(8-6-12)21(18,19)15-10-9-11-3-1-2-4-11/h3,5-8,15H,1-2,4,9-10H2,(H2,14,16,17). The summed E-state index contributed by atoms with van der Waals surface area (Å²) in [5.41, 5.74) is 1.28. The van der Waals surface area contributed by atoms with E-state index in [-0.39, 0.29) is 9.79 Å². The summed E-state index contributed by atoms with van der Waals surface area (Å²) in [6.45, 7) is 0.338.